The van der Waals surface area contributed by atoms with Crippen LogP contribution in [0.5, 0.6) is 5.75 Å². The van der Waals surface area contributed by atoms with Crippen LogP contribution in [-0.2, 0) is 0 Å². The first kappa shape index (κ1) is 17.2. The van der Waals surface area contributed by atoms with Crippen LogP contribution in [0.3, 0.4) is 0 Å². The van der Waals surface area contributed by atoms with Crippen LogP contribution in [-0.4, -0.2) is 15.1 Å². The maximum atomic E-state index is 9.71. The van der Waals surface area contributed by atoms with Gasteiger partial charge in [0.05, 0.1) is 5.52 Å². The maximum absolute atomic E-state index is 9.71. The molecule has 6 heteroatoms. The van der Waals surface area contributed by atoms with E-state index in [9.17, 15) is 5.11 Å². The van der Waals surface area contributed by atoms with Crippen molar-refractivity contribution in [2.75, 3.05) is 5.32 Å². The molecule has 0 spiro atoms. The van der Waals surface area contributed by atoms with E-state index in [4.69, 9.17) is 0 Å². The average Bonchev–Trinajstić information content (AvgIpc) is 3.12. The number of aromatic hydroxyl groups is 1. The highest BCUT2D eigenvalue weighted by molar-refractivity contribution is 7.13. The minimum Gasteiger partial charge on any atom is -0.508 e. The van der Waals surface area contributed by atoms with Gasteiger partial charge in [0.25, 0.3) is 0 Å². The van der Waals surface area contributed by atoms with Crippen LogP contribution in [0.4, 0.5) is 11.4 Å². The zero-order valence-electron chi connectivity index (χ0n) is 13.4. The van der Waals surface area contributed by atoms with Crippen molar-refractivity contribution in [3.63, 3.8) is 0 Å². The first-order valence-corrected chi connectivity index (χ1v) is 8.44. The van der Waals surface area contributed by atoms with Crippen molar-refractivity contribution < 1.29 is 5.11 Å². The summed E-state index contributed by atoms with van der Waals surface area (Å²) in [5.41, 5.74) is 4.88. The molecule has 4 nitrogen and oxygen atoms in total. The normalized spacial score (nSPS) is 10.4. The van der Waals surface area contributed by atoms with Gasteiger partial charge in [0.15, 0.2) is 0 Å². The van der Waals surface area contributed by atoms with Crippen LogP contribution in [0.25, 0.3) is 21.5 Å². The molecule has 0 unspecified atom stereocenters. The number of aryl methyl sites for hydroxylation is 1. The number of nitrogens with one attached hydrogen (secondary N) is 1. The molecule has 2 aromatic heterocycles. The zero-order chi connectivity index (χ0) is 16.5. The molecule has 2 N–H and O–H groups in total. The Kier molecular flexibility index (Phi) is 4.88. The molecule has 0 radical (unpaired) electrons. The molecule has 4 aromatic rings. The smallest absolute Gasteiger partial charge is 0.123 e. The van der Waals surface area contributed by atoms with Crippen molar-refractivity contribution in [3.8, 4) is 16.3 Å². The fourth-order valence-electron chi connectivity index (χ4n) is 2.65. The molecule has 4 rings (SSSR count). The van der Waals surface area contributed by atoms with Gasteiger partial charge in [-0.2, -0.15) is 0 Å². The first-order valence-electron chi connectivity index (χ1n) is 7.56. The summed E-state index contributed by atoms with van der Waals surface area (Å²) >= 11 is 1.61. The van der Waals surface area contributed by atoms with Gasteiger partial charge >= 0.3 is 0 Å². The van der Waals surface area contributed by atoms with Crippen LogP contribution in [0, 0.1) is 6.92 Å². The monoisotopic (exact) mass is 369 g/mol. The van der Waals surface area contributed by atoms with Gasteiger partial charge in [-0.3, -0.25) is 4.98 Å². The van der Waals surface area contributed by atoms with Gasteiger partial charge in [0, 0.05) is 46.2 Å². The molecule has 25 heavy (non-hydrogen) atoms. The van der Waals surface area contributed by atoms with E-state index in [2.05, 4.69) is 33.5 Å². The third-order valence-electron chi connectivity index (χ3n) is 3.91. The second-order valence-electron chi connectivity index (χ2n) is 5.55. The van der Waals surface area contributed by atoms with Crippen molar-refractivity contribution in [2.24, 2.45) is 0 Å². The summed E-state index contributed by atoms with van der Waals surface area (Å²) in [7, 11) is 0. The Balaban J connectivity index is 0.00000182. The van der Waals surface area contributed by atoms with Crippen molar-refractivity contribution in [3.05, 3.63) is 65.8 Å². The predicted octanol–water partition coefficient (Wildman–Crippen LogP) is 5.54. The predicted molar refractivity (Wildman–Crippen MR) is 106 cm³/mol. The summed E-state index contributed by atoms with van der Waals surface area (Å²) in [6.45, 7) is 2.01. The Labute approximate surface area is 155 Å². The van der Waals surface area contributed by atoms with Gasteiger partial charge in [0.1, 0.15) is 10.8 Å². The number of anilines is 2. The largest absolute Gasteiger partial charge is 0.508 e. The highest BCUT2D eigenvalue weighted by Gasteiger charge is 2.08. The summed E-state index contributed by atoms with van der Waals surface area (Å²) in [5, 5.41) is 17.1. The third-order valence-corrected chi connectivity index (χ3v) is 4.73. The lowest BCUT2D eigenvalue weighted by Gasteiger charge is -2.12. The Hall–Kier alpha value is -2.63. The quantitative estimate of drug-likeness (QED) is 0.498. The number of aromatic nitrogens is 2. The molecule has 0 saturated heterocycles. The standard InChI is InChI=1S/C19H15N3OS.ClH/c1-12-2-4-14(23)11-17(12)22-16-6-7-20-18-10-13(3-5-15(16)18)19-21-8-9-24-19;/h2-11,23H,1H3,(H,20,22);1H. The van der Waals surface area contributed by atoms with Gasteiger partial charge in [-0.15, -0.1) is 23.7 Å². The number of halogens is 1. The van der Waals surface area contributed by atoms with E-state index < -0.39 is 0 Å². The third kappa shape index (κ3) is 3.43. The molecular weight excluding hydrogens is 354 g/mol. The second-order valence-corrected chi connectivity index (χ2v) is 6.45. The number of benzene rings is 2. The minimum atomic E-state index is 0. The molecule has 126 valence electrons. The number of phenols is 1. The molecular formula is C19H16ClN3OS. The molecule has 0 fully saturated rings. The van der Waals surface area contributed by atoms with Gasteiger partial charge < -0.3 is 10.4 Å². The number of pyridine rings is 1. The zero-order valence-corrected chi connectivity index (χ0v) is 15.1. The van der Waals surface area contributed by atoms with Crippen molar-refractivity contribution in [2.45, 2.75) is 6.92 Å². The number of hydrogen-bond acceptors (Lipinski definition) is 5. The number of nitrogens with zero attached hydrogens (tertiary/aromatic N) is 2. The summed E-state index contributed by atoms with van der Waals surface area (Å²) in [5.74, 6) is 0.243. The number of thiazole rings is 1. The lowest BCUT2D eigenvalue weighted by Crippen LogP contribution is -1.95. The molecule has 0 saturated carbocycles. The van der Waals surface area contributed by atoms with Crippen molar-refractivity contribution in [1.29, 1.82) is 0 Å². The van der Waals surface area contributed by atoms with Crippen LogP contribution in [0.2, 0.25) is 0 Å². The van der Waals surface area contributed by atoms with E-state index in [1.165, 1.54) is 0 Å². The first-order chi connectivity index (χ1) is 11.7. The SMILES string of the molecule is Cc1ccc(O)cc1Nc1ccnc2cc(-c3nccs3)ccc12.Cl. The van der Waals surface area contributed by atoms with Crippen LogP contribution < -0.4 is 5.32 Å². The Morgan fingerprint density at radius 2 is 1.84 bits per heavy atom. The van der Waals surface area contributed by atoms with Crippen LogP contribution >= 0.6 is 23.7 Å². The topological polar surface area (TPSA) is 58.0 Å². The van der Waals surface area contributed by atoms with E-state index in [-0.39, 0.29) is 18.2 Å². The number of rotatable bonds is 3. The van der Waals surface area contributed by atoms with E-state index in [0.717, 1.165) is 38.4 Å². The average molecular weight is 370 g/mol. The Bertz CT molecular complexity index is 1020. The van der Waals surface area contributed by atoms with E-state index in [1.807, 2.05) is 24.4 Å². The number of phenolic OH excluding ortho intramolecular Hbond substituents is 1. The van der Waals surface area contributed by atoms with Gasteiger partial charge in [0.2, 0.25) is 0 Å². The van der Waals surface area contributed by atoms with E-state index >= 15 is 0 Å². The Morgan fingerprint density at radius 1 is 0.960 bits per heavy atom. The maximum Gasteiger partial charge on any atom is 0.123 e. The molecule has 0 amide bonds. The highest BCUT2D eigenvalue weighted by atomic mass is 35.5. The van der Waals surface area contributed by atoms with Gasteiger partial charge in [-0.25, -0.2) is 4.98 Å². The fourth-order valence-corrected chi connectivity index (χ4v) is 3.28. The molecule has 0 atom stereocenters. The Morgan fingerprint density at radius 3 is 2.64 bits per heavy atom. The summed E-state index contributed by atoms with van der Waals surface area (Å²) in [6.07, 6.45) is 3.59. The lowest BCUT2D eigenvalue weighted by molar-refractivity contribution is 0.475. The van der Waals surface area contributed by atoms with Gasteiger partial charge in [-0.05, 0) is 30.7 Å². The van der Waals surface area contributed by atoms with Gasteiger partial charge in [-0.1, -0.05) is 18.2 Å². The van der Waals surface area contributed by atoms with Crippen molar-refractivity contribution >= 4 is 46.0 Å². The van der Waals surface area contributed by atoms with Crippen molar-refractivity contribution in [1.82, 2.24) is 9.97 Å². The fraction of sp³-hybridized carbons (Fsp3) is 0.0526. The molecule has 2 aromatic carbocycles. The van der Waals surface area contributed by atoms with E-state index in [0.29, 0.717) is 0 Å². The highest BCUT2D eigenvalue weighted by Crippen LogP contribution is 2.31. The van der Waals surface area contributed by atoms with E-state index in [1.54, 1.807) is 35.9 Å². The van der Waals surface area contributed by atoms with Crippen LogP contribution in [0.15, 0.2) is 60.2 Å². The second kappa shape index (κ2) is 7.09. The lowest BCUT2D eigenvalue weighted by atomic mass is 10.1. The molecule has 0 bridgehead atoms. The number of fused-ring (bicyclic) bond motifs is 1. The molecule has 0 aliphatic carbocycles. The summed E-state index contributed by atoms with van der Waals surface area (Å²) in [6, 6.07) is 13.4. The number of hydrogen-bond donors (Lipinski definition) is 2. The molecule has 0 aliphatic rings. The molecule has 2 heterocycles. The van der Waals surface area contributed by atoms with Crippen LogP contribution in [0.1, 0.15) is 5.56 Å². The molecule has 0 aliphatic heterocycles. The minimum absolute atomic E-state index is 0. The summed E-state index contributed by atoms with van der Waals surface area (Å²) < 4.78 is 0. The summed E-state index contributed by atoms with van der Waals surface area (Å²) in [4.78, 5) is 8.83.